The molecular weight excluding hydrogens is 280 g/mol. The van der Waals surface area contributed by atoms with Gasteiger partial charge in [0.2, 0.25) is 0 Å². The topological polar surface area (TPSA) is 47.3 Å². The SMILES string of the molecule is NNC(C1CCCCCCC1)C1CCOC2(CCSC2)C1. The molecule has 3 aliphatic rings. The fourth-order valence-electron chi connectivity index (χ4n) is 4.74. The summed E-state index contributed by atoms with van der Waals surface area (Å²) < 4.78 is 6.19. The highest BCUT2D eigenvalue weighted by Gasteiger charge is 2.43. The number of rotatable bonds is 3. The Kier molecular flexibility index (Phi) is 5.88. The van der Waals surface area contributed by atoms with Gasteiger partial charge in [0.05, 0.1) is 5.60 Å². The quantitative estimate of drug-likeness (QED) is 0.619. The lowest BCUT2D eigenvalue weighted by Crippen LogP contribution is -2.52. The van der Waals surface area contributed by atoms with Crippen LogP contribution < -0.4 is 11.3 Å². The second-order valence-corrected chi connectivity index (χ2v) is 8.49. The monoisotopic (exact) mass is 312 g/mol. The Morgan fingerprint density at radius 2 is 1.81 bits per heavy atom. The van der Waals surface area contributed by atoms with E-state index in [4.69, 9.17) is 10.6 Å². The van der Waals surface area contributed by atoms with Crippen LogP contribution in [0.25, 0.3) is 0 Å². The van der Waals surface area contributed by atoms with Crippen LogP contribution >= 0.6 is 11.8 Å². The van der Waals surface area contributed by atoms with Gasteiger partial charge in [-0.25, -0.2) is 0 Å². The van der Waals surface area contributed by atoms with Crippen LogP contribution in [0.3, 0.4) is 0 Å². The van der Waals surface area contributed by atoms with Gasteiger partial charge in [-0.2, -0.15) is 11.8 Å². The molecule has 21 heavy (non-hydrogen) atoms. The van der Waals surface area contributed by atoms with Gasteiger partial charge in [0, 0.05) is 18.4 Å². The van der Waals surface area contributed by atoms with Crippen molar-refractivity contribution in [2.24, 2.45) is 17.7 Å². The summed E-state index contributed by atoms with van der Waals surface area (Å²) in [5.41, 5.74) is 3.42. The predicted octanol–water partition coefficient (Wildman–Crippen LogP) is 3.48. The summed E-state index contributed by atoms with van der Waals surface area (Å²) in [6.45, 7) is 0.941. The molecule has 0 bridgehead atoms. The minimum atomic E-state index is 0.185. The van der Waals surface area contributed by atoms with Crippen LogP contribution in [-0.2, 0) is 4.74 Å². The molecule has 0 radical (unpaired) electrons. The van der Waals surface area contributed by atoms with Crippen LogP contribution in [0.15, 0.2) is 0 Å². The number of hydrogen-bond acceptors (Lipinski definition) is 4. The molecular formula is C17H32N2OS. The number of nitrogens with one attached hydrogen (secondary N) is 1. The summed E-state index contributed by atoms with van der Waals surface area (Å²) in [5, 5.41) is 0. The third-order valence-corrected chi connectivity index (χ3v) is 7.18. The highest BCUT2D eigenvalue weighted by atomic mass is 32.2. The first-order valence-corrected chi connectivity index (χ1v) is 10.2. The molecule has 3 nitrogen and oxygen atoms in total. The molecule has 0 amide bonds. The van der Waals surface area contributed by atoms with Crippen LogP contribution in [0.1, 0.15) is 64.2 Å². The molecule has 0 aromatic carbocycles. The molecule has 1 spiro atoms. The zero-order valence-corrected chi connectivity index (χ0v) is 14.1. The van der Waals surface area contributed by atoms with E-state index >= 15 is 0 Å². The van der Waals surface area contributed by atoms with E-state index in [0.717, 1.165) is 12.5 Å². The second-order valence-electron chi connectivity index (χ2n) is 7.38. The van der Waals surface area contributed by atoms with Crippen molar-refractivity contribution in [3.05, 3.63) is 0 Å². The third kappa shape index (κ3) is 3.95. The van der Waals surface area contributed by atoms with E-state index < -0.39 is 0 Å². The van der Waals surface area contributed by atoms with Gasteiger partial charge in [-0.1, -0.05) is 32.1 Å². The molecule has 122 valence electrons. The minimum absolute atomic E-state index is 0.185. The third-order valence-electron chi connectivity index (χ3n) is 5.96. The van der Waals surface area contributed by atoms with E-state index in [1.807, 2.05) is 0 Å². The van der Waals surface area contributed by atoms with Crippen molar-refractivity contribution in [1.82, 2.24) is 5.43 Å². The second kappa shape index (κ2) is 7.67. The molecule has 3 unspecified atom stereocenters. The molecule has 2 heterocycles. The van der Waals surface area contributed by atoms with Crippen LogP contribution in [0.4, 0.5) is 0 Å². The van der Waals surface area contributed by atoms with E-state index in [1.165, 1.54) is 75.7 Å². The number of hydrogen-bond donors (Lipinski definition) is 2. The van der Waals surface area contributed by atoms with E-state index in [1.54, 1.807) is 0 Å². The Morgan fingerprint density at radius 3 is 2.48 bits per heavy atom. The standard InChI is InChI=1S/C17H32N2OS/c18-19-16(14-6-4-2-1-3-5-7-14)15-8-10-20-17(12-15)9-11-21-13-17/h14-16,19H,1-13,18H2. The molecule has 3 atom stereocenters. The maximum absolute atomic E-state index is 6.19. The molecule has 0 aromatic rings. The molecule has 1 saturated carbocycles. The van der Waals surface area contributed by atoms with E-state index in [2.05, 4.69) is 17.2 Å². The lowest BCUT2D eigenvalue weighted by Gasteiger charge is -2.43. The molecule has 3 N–H and O–H groups in total. The predicted molar refractivity (Wildman–Crippen MR) is 90.3 cm³/mol. The summed E-state index contributed by atoms with van der Waals surface area (Å²) in [7, 11) is 0. The average molecular weight is 313 g/mol. The van der Waals surface area contributed by atoms with Gasteiger partial charge >= 0.3 is 0 Å². The van der Waals surface area contributed by atoms with Gasteiger partial charge in [0.15, 0.2) is 0 Å². The van der Waals surface area contributed by atoms with Crippen molar-refractivity contribution in [2.45, 2.75) is 75.9 Å². The fourth-order valence-corrected chi connectivity index (χ4v) is 6.12. The largest absolute Gasteiger partial charge is 0.374 e. The molecule has 2 aliphatic heterocycles. The van der Waals surface area contributed by atoms with Gasteiger partial charge < -0.3 is 4.74 Å². The molecule has 3 rings (SSSR count). The summed E-state index contributed by atoms with van der Waals surface area (Å²) in [5.74, 6) is 9.99. The van der Waals surface area contributed by atoms with Gasteiger partial charge in [-0.15, -0.1) is 0 Å². The van der Waals surface area contributed by atoms with Crippen LogP contribution in [-0.4, -0.2) is 29.8 Å². The maximum atomic E-state index is 6.19. The van der Waals surface area contributed by atoms with Crippen molar-refractivity contribution in [2.75, 3.05) is 18.1 Å². The molecule has 0 aromatic heterocycles. The Morgan fingerprint density at radius 1 is 1.05 bits per heavy atom. The van der Waals surface area contributed by atoms with Gasteiger partial charge in [0.1, 0.15) is 0 Å². The first-order valence-electron chi connectivity index (χ1n) is 9.01. The van der Waals surface area contributed by atoms with Crippen molar-refractivity contribution < 1.29 is 4.74 Å². The summed E-state index contributed by atoms with van der Waals surface area (Å²) in [6.07, 6.45) is 13.5. The van der Waals surface area contributed by atoms with E-state index in [-0.39, 0.29) is 5.60 Å². The van der Waals surface area contributed by atoms with Crippen molar-refractivity contribution in [3.63, 3.8) is 0 Å². The lowest BCUT2D eigenvalue weighted by atomic mass is 9.74. The molecule has 4 heteroatoms. The zero-order valence-electron chi connectivity index (χ0n) is 13.3. The Labute approximate surface area is 134 Å². The van der Waals surface area contributed by atoms with Gasteiger partial charge in [-0.05, 0) is 49.7 Å². The highest BCUT2D eigenvalue weighted by Crippen LogP contribution is 2.43. The Bertz CT molecular complexity index is 312. The van der Waals surface area contributed by atoms with Crippen molar-refractivity contribution in [3.8, 4) is 0 Å². The lowest BCUT2D eigenvalue weighted by molar-refractivity contribution is -0.0890. The van der Waals surface area contributed by atoms with E-state index in [9.17, 15) is 0 Å². The average Bonchev–Trinajstić information content (AvgIpc) is 2.89. The number of thioether (sulfide) groups is 1. The Hall–Kier alpha value is 0.230. The number of nitrogens with two attached hydrogens (primary N) is 1. The summed E-state index contributed by atoms with van der Waals surface area (Å²) >= 11 is 2.07. The van der Waals surface area contributed by atoms with Crippen LogP contribution in [0, 0.1) is 11.8 Å². The smallest absolute Gasteiger partial charge is 0.0783 e. The van der Waals surface area contributed by atoms with E-state index in [0.29, 0.717) is 12.0 Å². The molecule has 2 saturated heterocycles. The highest BCUT2D eigenvalue weighted by molar-refractivity contribution is 7.99. The van der Waals surface area contributed by atoms with Crippen molar-refractivity contribution in [1.29, 1.82) is 0 Å². The first-order chi connectivity index (χ1) is 10.3. The van der Waals surface area contributed by atoms with Crippen molar-refractivity contribution >= 4 is 11.8 Å². The molecule has 1 aliphatic carbocycles. The van der Waals surface area contributed by atoms with Crippen LogP contribution in [0.5, 0.6) is 0 Å². The summed E-state index contributed by atoms with van der Waals surface area (Å²) in [6, 6.07) is 0.509. The minimum Gasteiger partial charge on any atom is -0.374 e. The summed E-state index contributed by atoms with van der Waals surface area (Å²) in [4.78, 5) is 0. The normalized spacial score (nSPS) is 37.3. The number of hydrazine groups is 1. The fraction of sp³-hybridized carbons (Fsp3) is 1.00. The number of ether oxygens (including phenoxy) is 1. The Balaban J connectivity index is 1.63. The first kappa shape index (κ1) is 16.1. The van der Waals surface area contributed by atoms with Gasteiger partial charge in [-0.3, -0.25) is 11.3 Å². The maximum Gasteiger partial charge on any atom is 0.0783 e. The zero-order chi connectivity index (χ0) is 14.5. The van der Waals surface area contributed by atoms with Crippen LogP contribution in [0.2, 0.25) is 0 Å². The molecule has 3 fully saturated rings. The van der Waals surface area contributed by atoms with Gasteiger partial charge in [0.25, 0.3) is 0 Å².